The van der Waals surface area contributed by atoms with Crippen molar-refractivity contribution in [2.45, 2.75) is 6.42 Å². The molecule has 0 aliphatic heterocycles. The van der Waals surface area contributed by atoms with Crippen LogP contribution in [0.25, 0.3) is 11.0 Å². The van der Waals surface area contributed by atoms with Crippen molar-refractivity contribution in [1.29, 1.82) is 0 Å². The van der Waals surface area contributed by atoms with E-state index in [0.29, 0.717) is 15.9 Å². The van der Waals surface area contributed by atoms with E-state index in [1.54, 1.807) is 6.08 Å². The SMILES string of the molecule is O=c1nc2s/c(=C\c3ccccc3)c(=O)n2nc1Cc1ccccc1. The van der Waals surface area contributed by atoms with Gasteiger partial charge in [-0.15, -0.1) is 0 Å². The topological polar surface area (TPSA) is 64.3 Å². The van der Waals surface area contributed by atoms with Crippen LogP contribution < -0.4 is 15.7 Å². The van der Waals surface area contributed by atoms with Crippen LogP contribution in [0.1, 0.15) is 16.8 Å². The first-order valence-electron chi connectivity index (χ1n) is 7.74. The number of benzene rings is 2. The first-order valence-corrected chi connectivity index (χ1v) is 8.56. The minimum absolute atomic E-state index is 0.259. The average Bonchev–Trinajstić information content (AvgIpc) is 2.92. The molecule has 0 bridgehead atoms. The van der Waals surface area contributed by atoms with E-state index in [0.717, 1.165) is 11.1 Å². The van der Waals surface area contributed by atoms with Gasteiger partial charge in [-0.05, 0) is 17.2 Å². The molecule has 122 valence electrons. The summed E-state index contributed by atoms with van der Waals surface area (Å²) in [4.78, 5) is 29.2. The highest BCUT2D eigenvalue weighted by Gasteiger charge is 2.11. The molecule has 0 amide bonds. The lowest BCUT2D eigenvalue weighted by atomic mass is 10.1. The van der Waals surface area contributed by atoms with E-state index in [4.69, 9.17) is 0 Å². The van der Waals surface area contributed by atoms with E-state index >= 15 is 0 Å². The van der Waals surface area contributed by atoms with Gasteiger partial charge in [-0.2, -0.15) is 14.6 Å². The summed E-state index contributed by atoms with van der Waals surface area (Å²) in [6.07, 6.45) is 2.13. The zero-order valence-corrected chi connectivity index (χ0v) is 13.9. The van der Waals surface area contributed by atoms with Crippen LogP contribution >= 0.6 is 11.3 Å². The second-order valence-corrected chi connectivity index (χ2v) is 6.56. The molecule has 0 aliphatic carbocycles. The van der Waals surface area contributed by atoms with Gasteiger partial charge >= 0.3 is 0 Å². The first kappa shape index (κ1) is 15.4. The Balaban J connectivity index is 1.84. The fraction of sp³-hybridized carbons (Fsp3) is 0.0526. The van der Waals surface area contributed by atoms with E-state index in [-0.39, 0.29) is 11.3 Å². The van der Waals surface area contributed by atoms with Crippen LogP contribution in [0, 0.1) is 0 Å². The molecule has 4 rings (SSSR count). The molecule has 6 heteroatoms. The standard InChI is InChI=1S/C19H13N3O2S/c23-17-15(11-13-7-3-1-4-8-13)21-22-18(24)16(25-19(22)20-17)12-14-9-5-2-6-10-14/h1-10,12H,11H2/b16-12-. The summed E-state index contributed by atoms with van der Waals surface area (Å²) in [6.45, 7) is 0. The summed E-state index contributed by atoms with van der Waals surface area (Å²) < 4.78 is 1.72. The van der Waals surface area contributed by atoms with Gasteiger partial charge in [0.15, 0.2) is 0 Å². The molecular weight excluding hydrogens is 334 g/mol. The molecule has 2 aromatic heterocycles. The van der Waals surface area contributed by atoms with Gasteiger partial charge in [0.05, 0.1) is 4.53 Å². The van der Waals surface area contributed by atoms with Crippen LogP contribution in [0.5, 0.6) is 0 Å². The number of hydrogen-bond donors (Lipinski definition) is 0. The van der Waals surface area contributed by atoms with Gasteiger partial charge in [0.1, 0.15) is 5.69 Å². The molecule has 0 atom stereocenters. The van der Waals surface area contributed by atoms with Crippen molar-refractivity contribution in [3.05, 3.63) is 103 Å². The van der Waals surface area contributed by atoms with Gasteiger partial charge in [0.25, 0.3) is 11.1 Å². The highest BCUT2D eigenvalue weighted by Crippen LogP contribution is 2.05. The van der Waals surface area contributed by atoms with Crippen LogP contribution in [0.15, 0.2) is 70.3 Å². The maximum absolute atomic E-state index is 12.6. The number of hydrogen-bond acceptors (Lipinski definition) is 5. The fourth-order valence-corrected chi connectivity index (χ4v) is 3.45. The minimum atomic E-state index is -0.392. The maximum atomic E-state index is 12.6. The highest BCUT2D eigenvalue weighted by atomic mass is 32.1. The summed E-state index contributed by atoms with van der Waals surface area (Å²) in [5.74, 6) is 0. The molecule has 2 heterocycles. The molecule has 0 fully saturated rings. The lowest BCUT2D eigenvalue weighted by Crippen LogP contribution is -2.28. The zero-order valence-electron chi connectivity index (χ0n) is 13.1. The number of rotatable bonds is 3. The molecule has 0 saturated heterocycles. The summed E-state index contributed by atoms with van der Waals surface area (Å²) in [7, 11) is 0. The van der Waals surface area contributed by atoms with Crippen molar-refractivity contribution >= 4 is 22.4 Å². The van der Waals surface area contributed by atoms with Crippen LogP contribution in [0.3, 0.4) is 0 Å². The summed E-state index contributed by atoms with van der Waals surface area (Å²) in [5.41, 5.74) is 1.48. The number of nitrogens with zero attached hydrogens (tertiary/aromatic N) is 3. The Bertz CT molecular complexity index is 1200. The van der Waals surface area contributed by atoms with E-state index in [1.807, 2.05) is 60.7 Å². The smallest absolute Gasteiger partial charge is 0.266 e. The molecule has 0 aliphatic rings. The largest absolute Gasteiger partial charge is 0.296 e. The second kappa shape index (κ2) is 6.41. The Morgan fingerprint density at radius 2 is 1.64 bits per heavy atom. The van der Waals surface area contributed by atoms with Gasteiger partial charge in [0, 0.05) is 6.42 Å². The third kappa shape index (κ3) is 3.12. The molecule has 0 N–H and O–H groups in total. The fourth-order valence-electron chi connectivity index (χ4n) is 2.54. The monoisotopic (exact) mass is 347 g/mol. The Labute approximate surface area is 146 Å². The number of aromatic nitrogens is 3. The summed E-state index contributed by atoms with van der Waals surface area (Å²) >= 11 is 1.17. The van der Waals surface area contributed by atoms with Crippen molar-refractivity contribution in [3.63, 3.8) is 0 Å². The van der Waals surface area contributed by atoms with E-state index < -0.39 is 5.56 Å². The number of fused-ring (bicyclic) bond motifs is 1. The second-order valence-electron chi connectivity index (χ2n) is 5.55. The van der Waals surface area contributed by atoms with Gasteiger partial charge < -0.3 is 0 Å². The molecule has 25 heavy (non-hydrogen) atoms. The van der Waals surface area contributed by atoms with Crippen molar-refractivity contribution in [3.8, 4) is 0 Å². The highest BCUT2D eigenvalue weighted by molar-refractivity contribution is 7.15. The van der Waals surface area contributed by atoms with E-state index in [9.17, 15) is 9.59 Å². The number of thiazole rings is 1. The predicted octanol–water partition coefficient (Wildman–Crippen LogP) is 1.65. The quantitative estimate of drug-likeness (QED) is 0.565. The van der Waals surface area contributed by atoms with Crippen molar-refractivity contribution in [1.82, 2.24) is 14.6 Å². The normalized spacial score (nSPS) is 11.9. The van der Waals surface area contributed by atoms with Crippen molar-refractivity contribution in [2.75, 3.05) is 0 Å². The Morgan fingerprint density at radius 1 is 0.960 bits per heavy atom. The van der Waals surface area contributed by atoms with Crippen molar-refractivity contribution in [2.24, 2.45) is 0 Å². The van der Waals surface area contributed by atoms with Gasteiger partial charge in [-0.3, -0.25) is 9.59 Å². The van der Waals surface area contributed by atoms with Crippen LogP contribution in [0.2, 0.25) is 0 Å². The average molecular weight is 347 g/mol. The van der Waals surface area contributed by atoms with Crippen LogP contribution in [-0.4, -0.2) is 14.6 Å². The molecule has 5 nitrogen and oxygen atoms in total. The predicted molar refractivity (Wildman–Crippen MR) is 97.9 cm³/mol. The summed E-state index contributed by atoms with van der Waals surface area (Å²) in [6, 6.07) is 19.1. The molecule has 2 aromatic carbocycles. The summed E-state index contributed by atoms with van der Waals surface area (Å²) in [5, 5.41) is 4.25. The van der Waals surface area contributed by atoms with Crippen molar-refractivity contribution < 1.29 is 0 Å². The first-order chi connectivity index (χ1) is 12.2. The Hall–Kier alpha value is -3.12. The lowest BCUT2D eigenvalue weighted by Gasteiger charge is -1.99. The lowest BCUT2D eigenvalue weighted by molar-refractivity contribution is 0.811. The van der Waals surface area contributed by atoms with Gasteiger partial charge in [-0.25, -0.2) is 0 Å². The van der Waals surface area contributed by atoms with Gasteiger partial charge in [0.2, 0.25) is 4.96 Å². The van der Waals surface area contributed by atoms with Crippen LogP contribution in [0.4, 0.5) is 0 Å². The molecule has 0 radical (unpaired) electrons. The molecule has 0 unspecified atom stereocenters. The van der Waals surface area contributed by atoms with E-state index in [1.165, 1.54) is 15.9 Å². The third-order valence-electron chi connectivity index (χ3n) is 3.76. The molecule has 0 saturated carbocycles. The molecular formula is C19H13N3O2S. The minimum Gasteiger partial charge on any atom is -0.266 e. The Kier molecular flexibility index (Phi) is 3.95. The third-order valence-corrected chi connectivity index (χ3v) is 4.72. The Morgan fingerprint density at radius 3 is 2.36 bits per heavy atom. The molecule has 4 aromatic rings. The maximum Gasteiger partial charge on any atom is 0.296 e. The molecule has 0 spiro atoms. The van der Waals surface area contributed by atoms with Crippen LogP contribution in [-0.2, 0) is 6.42 Å². The van der Waals surface area contributed by atoms with Gasteiger partial charge in [-0.1, -0.05) is 72.0 Å². The van der Waals surface area contributed by atoms with E-state index in [2.05, 4.69) is 10.1 Å². The zero-order chi connectivity index (χ0) is 17.2.